The van der Waals surface area contributed by atoms with Crippen LogP contribution in [-0.4, -0.2) is 64.8 Å². The van der Waals surface area contributed by atoms with Gasteiger partial charge in [0.05, 0.1) is 0 Å². The van der Waals surface area contributed by atoms with Gasteiger partial charge in [0.1, 0.15) is 0 Å². The molecule has 0 atom stereocenters. The van der Waals surface area contributed by atoms with E-state index in [9.17, 15) is 0 Å². The predicted molar refractivity (Wildman–Crippen MR) is 80.4 cm³/mol. The molecule has 0 fully saturated rings. The first kappa shape index (κ1) is 17.4. The van der Waals surface area contributed by atoms with E-state index in [1.807, 2.05) is 0 Å². The van der Waals surface area contributed by atoms with Crippen molar-refractivity contribution in [3.8, 4) is 0 Å². The van der Waals surface area contributed by atoms with Crippen LogP contribution in [0.1, 0.15) is 41.5 Å². The van der Waals surface area contributed by atoms with Gasteiger partial charge in [-0.2, -0.15) is 0 Å². The monoisotopic (exact) mass is 305 g/mol. The van der Waals surface area contributed by atoms with E-state index >= 15 is 0 Å². The molecule has 0 unspecified atom stereocenters. The van der Waals surface area contributed by atoms with Gasteiger partial charge in [0.25, 0.3) is 0 Å². The molecule has 0 aliphatic carbocycles. The van der Waals surface area contributed by atoms with E-state index in [1.165, 1.54) is 39.3 Å². The molecule has 0 radical (unpaired) electrons. The molecule has 0 saturated carbocycles. The third-order valence-corrected chi connectivity index (χ3v) is 15.6. The van der Waals surface area contributed by atoms with Crippen LogP contribution in [0.2, 0.25) is 5.76 Å². The van der Waals surface area contributed by atoms with Gasteiger partial charge < -0.3 is 0 Å². The maximum absolute atomic E-state index is 2.75. The second-order valence-electron chi connectivity index (χ2n) is 4.49. The van der Waals surface area contributed by atoms with Crippen molar-refractivity contribution in [3.63, 3.8) is 0 Å². The second kappa shape index (κ2) is 8.51. The molecule has 0 N–H and O–H groups in total. The van der Waals surface area contributed by atoms with Gasteiger partial charge in [-0.25, -0.2) is 0 Å². The number of nitrogens with zero attached hydrogens (tertiary/aromatic N) is 3. The summed E-state index contributed by atoms with van der Waals surface area (Å²) < 4.78 is 8.25. The van der Waals surface area contributed by atoms with Gasteiger partial charge in [-0.05, 0) is 0 Å². The first-order valence-electron chi connectivity index (χ1n) is 7.31. The summed E-state index contributed by atoms with van der Waals surface area (Å²) in [7, 11) is 0. The minimum absolute atomic E-state index is 1.18. The molecule has 0 aliphatic heterocycles. The quantitative estimate of drug-likeness (QED) is 0.606. The summed E-state index contributed by atoms with van der Waals surface area (Å²) in [5.41, 5.74) is 0. The van der Waals surface area contributed by atoms with Crippen LogP contribution in [0.15, 0.2) is 0 Å². The van der Waals surface area contributed by atoms with Crippen molar-refractivity contribution in [1.82, 2.24) is 11.6 Å². The summed E-state index contributed by atoms with van der Waals surface area (Å²) in [6, 6.07) is 0. The summed E-state index contributed by atoms with van der Waals surface area (Å²) in [6.07, 6.45) is 0. The SMILES string of the molecule is CC[N](CC)[Ge]([CH3])([N](CC)CC)[N](CC)CC. The van der Waals surface area contributed by atoms with E-state index < -0.39 is 13.9 Å². The third kappa shape index (κ3) is 3.69. The van der Waals surface area contributed by atoms with E-state index in [0.29, 0.717) is 0 Å². The van der Waals surface area contributed by atoms with Gasteiger partial charge in [0, 0.05) is 0 Å². The van der Waals surface area contributed by atoms with Crippen LogP contribution in [-0.2, 0) is 0 Å². The first-order valence-corrected chi connectivity index (χ1v) is 12.2. The average molecular weight is 304 g/mol. The Morgan fingerprint density at radius 2 is 0.706 bits per heavy atom. The van der Waals surface area contributed by atoms with Gasteiger partial charge in [-0.1, -0.05) is 0 Å². The van der Waals surface area contributed by atoms with Crippen LogP contribution in [0.25, 0.3) is 0 Å². The van der Waals surface area contributed by atoms with Crippen molar-refractivity contribution in [2.45, 2.75) is 47.3 Å². The summed E-state index contributed by atoms with van der Waals surface area (Å²) in [4.78, 5) is 0. The minimum atomic E-state index is -2.23. The molecule has 0 aromatic carbocycles. The van der Waals surface area contributed by atoms with Gasteiger partial charge in [-0.3, -0.25) is 0 Å². The normalized spacial score (nSPS) is 13.1. The van der Waals surface area contributed by atoms with Gasteiger partial charge >= 0.3 is 112 Å². The second-order valence-corrected chi connectivity index (χ2v) is 12.5. The van der Waals surface area contributed by atoms with Crippen LogP contribution in [0.5, 0.6) is 0 Å². The Kier molecular flexibility index (Phi) is 8.72. The fraction of sp³-hybridized carbons (Fsp3) is 1.00. The Morgan fingerprint density at radius 1 is 0.529 bits per heavy atom. The van der Waals surface area contributed by atoms with E-state index in [1.54, 1.807) is 0 Å². The van der Waals surface area contributed by atoms with E-state index in [2.05, 4.69) is 58.9 Å². The number of hydrogen-bond donors (Lipinski definition) is 0. The van der Waals surface area contributed by atoms with Crippen molar-refractivity contribution in [1.29, 1.82) is 0 Å². The summed E-state index contributed by atoms with van der Waals surface area (Å²) in [6.45, 7) is 20.9. The van der Waals surface area contributed by atoms with Crippen LogP contribution < -0.4 is 0 Å². The van der Waals surface area contributed by atoms with Crippen molar-refractivity contribution in [2.24, 2.45) is 0 Å². The molecule has 0 rings (SSSR count). The van der Waals surface area contributed by atoms with E-state index in [0.717, 1.165) is 0 Å². The Labute approximate surface area is 112 Å². The zero-order valence-corrected chi connectivity index (χ0v) is 15.2. The number of hydrogen-bond acceptors (Lipinski definition) is 3. The van der Waals surface area contributed by atoms with E-state index in [-0.39, 0.29) is 0 Å². The Balaban J connectivity index is 5.29. The van der Waals surface area contributed by atoms with Gasteiger partial charge in [0.15, 0.2) is 0 Å². The van der Waals surface area contributed by atoms with Crippen molar-refractivity contribution >= 4 is 13.9 Å². The van der Waals surface area contributed by atoms with Crippen molar-refractivity contribution in [3.05, 3.63) is 0 Å². The molecule has 3 nitrogen and oxygen atoms in total. The van der Waals surface area contributed by atoms with Crippen LogP contribution in [0.4, 0.5) is 0 Å². The Hall–Kier alpha value is 0.423. The maximum atomic E-state index is 2.75. The molecule has 4 heteroatoms. The third-order valence-electron chi connectivity index (χ3n) is 4.09. The summed E-state index contributed by atoms with van der Waals surface area (Å²) >= 11 is -2.23. The Morgan fingerprint density at radius 3 is 0.824 bits per heavy atom. The van der Waals surface area contributed by atoms with Crippen LogP contribution >= 0.6 is 0 Å². The fourth-order valence-corrected chi connectivity index (χ4v) is 13.1. The summed E-state index contributed by atoms with van der Waals surface area (Å²) in [5, 5.41) is 0. The average Bonchev–Trinajstić information content (AvgIpc) is 2.33. The Bertz CT molecular complexity index is 156. The zero-order valence-electron chi connectivity index (χ0n) is 13.1. The van der Waals surface area contributed by atoms with E-state index in [4.69, 9.17) is 0 Å². The molecule has 0 heterocycles. The molecular formula is C13H33GeN3. The van der Waals surface area contributed by atoms with Crippen LogP contribution in [0.3, 0.4) is 0 Å². The summed E-state index contributed by atoms with van der Waals surface area (Å²) in [5.74, 6) is 2.56. The fourth-order valence-electron chi connectivity index (χ4n) is 3.07. The molecule has 17 heavy (non-hydrogen) atoms. The molecule has 0 aromatic rings. The molecule has 0 aliphatic rings. The number of rotatable bonds is 9. The van der Waals surface area contributed by atoms with Gasteiger partial charge in [0.2, 0.25) is 0 Å². The first-order chi connectivity index (χ1) is 8.06. The van der Waals surface area contributed by atoms with Crippen LogP contribution in [0, 0.1) is 0 Å². The molecule has 104 valence electrons. The molecular weight excluding hydrogens is 271 g/mol. The van der Waals surface area contributed by atoms with Crippen molar-refractivity contribution in [2.75, 3.05) is 39.3 Å². The molecule has 0 saturated heterocycles. The van der Waals surface area contributed by atoms with Gasteiger partial charge in [-0.15, -0.1) is 0 Å². The predicted octanol–water partition coefficient (Wildman–Crippen LogP) is 2.58. The molecule has 0 bridgehead atoms. The topological polar surface area (TPSA) is 9.72 Å². The molecule has 0 aromatic heterocycles. The van der Waals surface area contributed by atoms with Crippen molar-refractivity contribution < 1.29 is 0 Å². The molecule has 0 spiro atoms. The zero-order chi connectivity index (χ0) is 13.5. The molecule has 0 amide bonds. The standard InChI is InChI=1S/C13H33GeN3/c1-8-15(9-2)14(7,16(10-3)11-4)17(12-5)13-6/h8-13H2,1-7H3.